The number of benzene rings is 1. The van der Waals surface area contributed by atoms with E-state index in [0.717, 1.165) is 42.8 Å². The molecule has 30 heavy (non-hydrogen) atoms. The molecule has 0 spiro atoms. The minimum absolute atomic E-state index is 0.0213. The molecular formula is C20H27N5O3S2. The fourth-order valence-corrected chi connectivity index (χ4v) is 6.11. The highest BCUT2D eigenvalue weighted by Crippen LogP contribution is 2.32. The zero-order chi connectivity index (χ0) is 21.3. The second-order valence-electron chi connectivity index (χ2n) is 8.00. The SMILES string of the molecule is CC(C)c1nc(SCC(=O)N2CCCc3cc(S(=O)(=O)N4CCCC4)ccc32)n[nH]1. The molecule has 0 unspecified atom stereocenters. The number of carbonyl (C=O) groups excluding carboxylic acids is 1. The van der Waals surface area contributed by atoms with Crippen molar-refractivity contribution in [2.45, 2.75) is 55.5 Å². The van der Waals surface area contributed by atoms with E-state index < -0.39 is 10.0 Å². The minimum Gasteiger partial charge on any atom is -0.311 e. The number of H-pyrrole nitrogens is 1. The van der Waals surface area contributed by atoms with Crippen molar-refractivity contribution in [3.8, 4) is 0 Å². The number of carbonyl (C=O) groups is 1. The Morgan fingerprint density at radius 2 is 1.97 bits per heavy atom. The lowest BCUT2D eigenvalue weighted by molar-refractivity contribution is -0.116. The van der Waals surface area contributed by atoms with Crippen LogP contribution in [0.2, 0.25) is 0 Å². The highest BCUT2D eigenvalue weighted by Gasteiger charge is 2.29. The van der Waals surface area contributed by atoms with Crippen LogP contribution in [0.25, 0.3) is 0 Å². The summed E-state index contributed by atoms with van der Waals surface area (Å²) < 4.78 is 27.3. The summed E-state index contributed by atoms with van der Waals surface area (Å²) in [5, 5.41) is 7.63. The molecule has 2 aromatic rings. The molecule has 8 nitrogen and oxygen atoms in total. The van der Waals surface area contributed by atoms with Crippen molar-refractivity contribution in [2.75, 3.05) is 30.3 Å². The van der Waals surface area contributed by atoms with Gasteiger partial charge >= 0.3 is 0 Å². The molecule has 2 aliphatic rings. The average Bonchev–Trinajstić information content (AvgIpc) is 3.43. The second kappa shape index (κ2) is 8.68. The zero-order valence-electron chi connectivity index (χ0n) is 17.3. The van der Waals surface area contributed by atoms with Crippen molar-refractivity contribution in [3.63, 3.8) is 0 Å². The number of nitrogens with one attached hydrogen (secondary N) is 1. The molecule has 3 heterocycles. The van der Waals surface area contributed by atoms with Gasteiger partial charge in [0.1, 0.15) is 5.82 Å². The third kappa shape index (κ3) is 4.26. The van der Waals surface area contributed by atoms with Gasteiger partial charge in [0, 0.05) is 31.2 Å². The van der Waals surface area contributed by atoms with E-state index in [-0.39, 0.29) is 17.6 Å². The molecule has 0 radical (unpaired) electrons. The largest absolute Gasteiger partial charge is 0.311 e. The maximum Gasteiger partial charge on any atom is 0.243 e. The number of rotatable bonds is 6. The molecule has 1 aromatic carbocycles. The smallest absolute Gasteiger partial charge is 0.243 e. The lowest BCUT2D eigenvalue weighted by Gasteiger charge is -2.30. The van der Waals surface area contributed by atoms with E-state index in [2.05, 4.69) is 15.2 Å². The van der Waals surface area contributed by atoms with Crippen LogP contribution in [0.1, 0.15) is 50.4 Å². The molecule has 1 saturated heterocycles. The molecule has 1 N–H and O–H groups in total. The molecule has 1 aromatic heterocycles. The maximum atomic E-state index is 12.9. The van der Waals surface area contributed by atoms with Gasteiger partial charge in [-0.05, 0) is 49.4 Å². The predicted molar refractivity (Wildman–Crippen MR) is 116 cm³/mol. The second-order valence-corrected chi connectivity index (χ2v) is 10.9. The minimum atomic E-state index is -3.46. The van der Waals surface area contributed by atoms with Crippen molar-refractivity contribution in [1.29, 1.82) is 0 Å². The molecule has 10 heteroatoms. The van der Waals surface area contributed by atoms with Crippen molar-refractivity contribution in [1.82, 2.24) is 19.5 Å². The van der Waals surface area contributed by atoms with Gasteiger partial charge in [-0.2, -0.15) is 4.31 Å². The standard InChI is InChI=1S/C20H27N5O3S2/c1-14(2)19-21-20(23-22-19)29-13-18(26)25-11-5-6-15-12-16(7-8-17(15)25)30(27,28)24-9-3-4-10-24/h7-8,12,14H,3-6,9-11,13H2,1-2H3,(H,21,22,23). The average molecular weight is 450 g/mol. The van der Waals surface area contributed by atoms with Gasteiger partial charge in [0.05, 0.1) is 10.6 Å². The molecule has 162 valence electrons. The predicted octanol–water partition coefficient (Wildman–Crippen LogP) is 2.78. The first kappa shape index (κ1) is 21.3. The molecule has 0 saturated carbocycles. The van der Waals surface area contributed by atoms with Gasteiger partial charge in [-0.3, -0.25) is 9.89 Å². The third-order valence-corrected chi connectivity index (χ3v) is 8.25. The molecule has 2 aliphatic heterocycles. The van der Waals surface area contributed by atoms with Crippen LogP contribution in [0, 0.1) is 0 Å². The summed E-state index contributed by atoms with van der Waals surface area (Å²) in [6.45, 7) is 5.86. The van der Waals surface area contributed by atoms with E-state index in [4.69, 9.17) is 0 Å². The maximum absolute atomic E-state index is 12.9. The number of amides is 1. The number of hydrogen-bond acceptors (Lipinski definition) is 6. The molecular weight excluding hydrogens is 422 g/mol. The van der Waals surface area contributed by atoms with Crippen LogP contribution in [-0.4, -0.2) is 59.2 Å². The fourth-order valence-electron chi connectivity index (χ4n) is 3.86. The molecule has 1 fully saturated rings. The molecule has 1 amide bonds. The molecule has 0 bridgehead atoms. The number of aromatic amines is 1. The van der Waals surface area contributed by atoms with Crippen LogP contribution < -0.4 is 4.90 Å². The van der Waals surface area contributed by atoms with Gasteiger partial charge in [-0.1, -0.05) is 25.6 Å². The van der Waals surface area contributed by atoms with Gasteiger partial charge in [0.15, 0.2) is 0 Å². The van der Waals surface area contributed by atoms with Gasteiger partial charge < -0.3 is 4.90 Å². The highest BCUT2D eigenvalue weighted by molar-refractivity contribution is 7.99. The Morgan fingerprint density at radius 1 is 1.20 bits per heavy atom. The Morgan fingerprint density at radius 3 is 2.67 bits per heavy atom. The van der Waals surface area contributed by atoms with Crippen molar-refractivity contribution >= 4 is 33.4 Å². The summed E-state index contributed by atoms with van der Waals surface area (Å²) in [6, 6.07) is 5.17. The van der Waals surface area contributed by atoms with Gasteiger partial charge in [-0.25, -0.2) is 13.4 Å². The number of sulfonamides is 1. The summed E-state index contributed by atoms with van der Waals surface area (Å²) >= 11 is 1.31. The Balaban J connectivity index is 1.48. The lowest BCUT2D eigenvalue weighted by Crippen LogP contribution is -2.37. The first-order valence-corrected chi connectivity index (χ1v) is 12.8. The van der Waals surface area contributed by atoms with E-state index in [9.17, 15) is 13.2 Å². The van der Waals surface area contributed by atoms with Crippen LogP contribution in [0.15, 0.2) is 28.3 Å². The van der Waals surface area contributed by atoms with Crippen LogP contribution in [-0.2, 0) is 21.2 Å². The van der Waals surface area contributed by atoms with E-state index in [1.807, 2.05) is 13.8 Å². The van der Waals surface area contributed by atoms with Crippen molar-refractivity contribution in [3.05, 3.63) is 29.6 Å². The normalized spacial score (nSPS) is 17.5. The Labute approximate surface area is 181 Å². The topological polar surface area (TPSA) is 99.3 Å². The quantitative estimate of drug-likeness (QED) is 0.681. The molecule has 0 aliphatic carbocycles. The summed E-state index contributed by atoms with van der Waals surface area (Å²) in [5.74, 6) is 1.28. The highest BCUT2D eigenvalue weighted by atomic mass is 32.2. The Hall–Kier alpha value is -1.91. The summed E-state index contributed by atoms with van der Waals surface area (Å²) in [7, 11) is -3.46. The summed E-state index contributed by atoms with van der Waals surface area (Å²) in [4.78, 5) is 19.4. The number of nitrogens with zero attached hydrogens (tertiary/aromatic N) is 4. The van der Waals surface area contributed by atoms with Gasteiger partial charge in [0.25, 0.3) is 0 Å². The summed E-state index contributed by atoms with van der Waals surface area (Å²) in [5.41, 5.74) is 1.73. The fraction of sp³-hybridized carbons (Fsp3) is 0.550. The molecule has 0 atom stereocenters. The Kier molecular flexibility index (Phi) is 6.17. The van der Waals surface area contributed by atoms with Gasteiger partial charge in [-0.15, -0.1) is 5.10 Å². The number of fused-ring (bicyclic) bond motifs is 1. The number of anilines is 1. The van der Waals surface area contributed by atoms with Crippen LogP contribution >= 0.6 is 11.8 Å². The van der Waals surface area contributed by atoms with E-state index in [1.54, 1.807) is 27.4 Å². The van der Waals surface area contributed by atoms with E-state index >= 15 is 0 Å². The van der Waals surface area contributed by atoms with Gasteiger partial charge in [0.2, 0.25) is 21.1 Å². The monoisotopic (exact) mass is 449 g/mol. The van der Waals surface area contributed by atoms with E-state index in [0.29, 0.717) is 29.7 Å². The van der Waals surface area contributed by atoms with Crippen LogP contribution in [0.5, 0.6) is 0 Å². The number of aryl methyl sites for hydroxylation is 1. The Bertz CT molecular complexity index is 1030. The van der Waals surface area contributed by atoms with Crippen molar-refractivity contribution in [2.24, 2.45) is 0 Å². The van der Waals surface area contributed by atoms with Crippen molar-refractivity contribution < 1.29 is 13.2 Å². The zero-order valence-corrected chi connectivity index (χ0v) is 18.9. The van der Waals surface area contributed by atoms with Crippen LogP contribution in [0.4, 0.5) is 5.69 Å². The first-order valence-electron chi connectivity index (χ1n) is 10.3. The number of aromatic nitrogens is 3. The molecule has 4 rings (SSSR count). The number of thioether (sulfide) groups is 1. The number of hydrogen-bond donors (Lipinski definition) is 1. The third-order valence-electron chi connectivity index (χ3n) is 5.53. The lowest BCUT2D eigenvalue weighted by atomic mass is 10.0. The van der Waals surface area contributed by atoms with E-state index in [1.165, 1.54) is 11.8 Å². The first-order chi connectivity index (χ1) is 14.4. The summed E-state index contributed by atoms with van der Waals surface area (Å²) in [6.07, 6.45) is 3.41. The van der Waals surface area contributed by atoms with Crippen LogP contribution in [0.3, 0.4) is 0 Å².